The molecule has 0 aromatic carbocycles. The van der Waals surface area contributed by atoms with Gasteiger partial charge in [0.25, 0.3) is 0 Å². The number of carbonyl (C=O) groups is 1. The third-order valence-corrected chi connectivity index (χ3v) is 2.65. The smallest absolute Gasteiger partial charge is 0.428 e. The molecular formula is C15H28Cl2NO4P. The first-order chi connectivity index (χ1) is 10.7. The summed E-state index contributed by atoms with van der Waals surface area (Å²) in [5.41, 5.74) is 5.24. The highest BCUT2D eigenvalue weighted by Crippen LogP contribution is 2.59. The zero-order valence-corrected chi connectivity index (χ0v) is 16.7. The maximum Gasteiger partial charge on any atom is 0.428 e. The third kappa shape index (κ3) is 23.7. The highest BCUT2D eigenvalue weighted by molar-refractivity contribution is 8.05. The quantitative estimate of drug-likeness (QED) is 0.194. The number of halogens is 2. The number of carbonyl (C=O) groups excluding carboxylic acids is 1. The van der Waals surface area contributed by atoms with Crippen LogP contribution in [0.1, 0.15) is 40.5 Å². The Morgan fingerprint density at radius 1 is 1.35 bits per heavy atom. The summed E-state index contributed by atoms with van der Waals surface area (Å²) in [5, 5.41) is 0. The molecule has 23 heavy (non-hydrogen) atoms. The molecule has 0 heterocycles. The minimum absolute atomic E-state index is 0.230. The van der Waals surface area contributed by atoms with Gasteiger partial charge in [0, 0.05) is 22.5 Å². The summed E-state index contributed by atoms with van der Waals surface area (Å²) in [4.78, 5) is 10.7. The van der Waals surface area contributed by atoms with Crippen molar-refractivity contribution in [3.63, 3.8) is 0 Å². The van der Waals surface area contributed by atoms with E-state index in [1.165, 1.54) is 18.2 Å². The number of allylic oxidation sites excluding steroid dienone is 3. The van der Waals surface area contributed by atoms with Gasteiger partial charge in [0.15, 0.2) is 0 Å². The standard InChI is InChI=1S/C7H15NO2.C6H7Cl2O2P.C2H6/c1-3-4-5-10-7(9)6(2)8;1-3-5-6(4-2)10-11(7,8)9;1-2/h6H,3-5,8H2,1-2H3;3-5H,1-2H2;1-2H3/b;6-5+;/t6-;;/m0../s1. The van der Waals surface area contributed by atoms with E-state index in [9.17, 15) is 9.36 Å². The Hall–Kier alpha value is -0.740. The van der Waals surface area contributed by atoms with Gasteiger partial charge in [-0.05, 0) is 25.5 Å². The lowest BCUT2D eigenvalue weighted by Gasteiger charge is -2.04. The molecule has 0 aliphatic heterocycles. The molecule has 0 aromatic heterocycles. The van der Waals surface area contributed by atoms with Crippen LogP contribution >= 0.6 is 28.6 Å². The molecule has 0 fully saturated rings. The fourth-order valence-corrected chi connectivity index (χ4v) is 1.68. The van der Waals surface area contributed by atoms with Gasteiger partial charge in [-0.25, -0.2) is 4.57 Å². The number of nitrogens with two attached hydrogens (primary N) is 1. The van der Waals surface area contributed by atoms with Crippen LogP contribution in [-0.4, -0.2) is 18.6 Å². The average molecular weight is 388 g/mol. The summed E-state index contributed by atoms with van der Waals surface area (Å²) >= 11 is 10.2. The molecule has 0 amide bonds. The van der Waals surface area contributed by atoms with E-state index in [-0.39, 0.29) is 11.7 Å². The number of hydrogen-bond acceptors (Lipinski definition) is 5. The van der Waals surface area contributed by atoms with Crippen LogP contribution in [0.15, 0.2) is 37.1 Å². The van der Waals surface area contributed by atoms with Crippen molar-refractivity contribution in [3.8, 4) is 0 Å². The lowest BCUT2D eigenvalue weighted by atomic mass is 10.3. The van der Waals surface area contributed by atoms with Crippen molar-refractivity contribution in [1.29, 1.82) is 0 Å². The van der Waals surface area contributed by atoms with Crippen LogP contribution in [0.4, 0.5) is 0 Å². The van der Waals surface area contributed by atoms with Crippen LogP contribution in [0, 0.1) is 0 Å². The average Bonchev–Trinajstić information content (AvgIpc) is 2.48. The lowest BCUT2D eigenvalue weighted by Crippen LogP contribution is -2.28. The van der Waals surface area contributed by atoms with E-state index in [1.807, 2.05) is 20.8 Å². The molecule has 1 atom stereocenters. The first-order valence-corrected chi connectivity index (χ1v) is 10.7. The number of esters is 1. The summed E-state index contributed by atoms with van der Waals surface area (Å²) < 4.78 is 20.0. The highest BCUT2D eigenvalue weighted by atomic mass is 35.9. The molecule has 0 unspecified atom stereocenters. The van der Waals surface area contributed by atoms with Gasteiger partial charge in [0.1, 0.15) is 11.8 Å². The maximum atomic E-state index is 10.7. The first kappa shape index (κ1) is 27.1. The van der Waals surface area contributed by atoms with E-state index < -0.39 is 12.1 Å². The zero-order chi connectivity index (χ0) is 18.9. The third-order valence-electron chi connectivity index (χ3n) is 1.81. The molecule has 0 aliphatic carbocycles. The fraction of sp³-hybridized carbons (Fsp3) is 0.533. The molecule has 136 valence electrons. The number of unbranched alkanes of at least 4 members (excludes halogenated alkanes) is 1. The van der Waals surface area contributed by atoms with Crippen molar-refractivity contribution in [2.24, 2.45) is 5.73 Å². The van der Waals surface area contributed by atoms with Gasteiger partial charge < -0.3 is 15.0 Å². The van der Waals surface area contributed by atoms with E-state index in [0.717, 1.165) is 12.8 Å². The summed E-state index contributed by atoms with van der Waals surface area (Å²) in [6.07, 6.45) is 2.66. The Bertz CT molecular complexity index is 406. The van der Waals surface area contributed by atoms with Gasteiger partial charge >= 0.3 is 12.0 Å². The van der Waals surface area contributed by atoms with Crippen LogP contribution < -0.4 is 5.73 Å². The summed E-state index contributed by atoms with van der Waals surface area (Å²) in [5.74, 6) is -0.0817. The molecule has 0 bridgehead atoms. The van der Waals surface area contributed by atoms with Crippen LogP contribution in [0.25, 0.3) is 0 Å². The summed E-state index contributed by atoms with van der Waals surface area (Å²) in [6.45, 7) is 14.9. The predicted molar refractivity (Wildman–Crippen MR) is 99.7 cm³/mol. The molecule has 0 saturated heterocycles. The zero-order valence-electron chi connectivity index (χ0n) is 14.3. The van der Waals surface area contributed by atoms with Gasteiger partial charge in [-0.3, -0.25) is 4.79 Å². The van der Waals surface area contributed by atoms with Crippen molar-refractivity contribution in [2.45, 2.75) is 46.6 Å². The van der Waals surface area contributed by atoms with Gasteiger partial charge in [-0.1, -0.05) is 46.4 Å². The van der Waals surface area contributed by atoms with Crippen LogP contribution in [-0.2, 0) is 18.6 Å². The monoisotopic (exact) mass is 387 g/mol. The topological polar surface area (TPSA) is 78.6 Å². The van der Waals surface area contributed by atoms with Crippen molar-refractivity contribution >= 4 is 34.5 Å². The predicted octanol–water partition coefficient (Wildman–Crippen LogP) is 5.55. The lowest BCUT2D eigenvalue weighted by molar-refractivity contribution is -0.144. The molecule has 2 N–H and O–H groups in total. The Morgan fingerprint density at radius 3 is 2.17 bits per heavy atom. The van der Waals surface area contributed by atoms with Crippen molar-refractivity contribution < 1.29 is 18.6 Å². The normalized spacial score (nSPS) is 11.7. The number of ether oxygens (including phenoxy) is 1. The SMILES string of the molecule is C=C/C=C(\C=C)OP(=O)(Cl)Cl.CC.CCCCOC(=O)[C@H](C)N. The molecule has 0 spiro atoms. The Morgan fingerprint density at radius 2 is 1.87 bits per heavy atom. The van der Waals surface area contributed by atoms with Gasteiger partial charge in [-0.2, -0.15) is 0 Å². The number of rotatable bonds is 8. The maximum absolute atomic E-state index is 10.7. The molecule has 0 radical (unpaired) electrons. The largest absolute Gasteiger partial charge is 0.465 e. The van der Waals surface area contributed by atoms with E-state index in [4.69, 9.17) is 33.0 Å². The van der Waals surface area contributed by atoms with Gasteiger partial charge in [-0.15, -0.1) is 0 Å². The summed E-state index contributed by atoms with van der Waals surface area (Å²) in [6, 6.07) is -0.489. The van der Waals surface area contributed by atoms with Gasteiger partial charge in [0.2, 0.25) is 0 Å². The number of hydrogen-bond donors (Lipinski definition) is 1. The molecule has 8 heteroatoms. The molecular weight excluding hydrogens is 360 g/mol. The summed E-state index contributed by atoms with van der Waals surface area (Å²) in [7, 11) is 0. The van der Waals surface area contributed by atoms with E-state index >= 15 is 0 Å². The Labute approximate surface area is 149 Å². The van der Waals surface area contributed by atoms with E-state index in [0.29, 0.717) is 6.61 Å². The molecule has 0 rings (SSSR count). The highest BCUT2D eigenvalue weighted by Gasteiger charge is 2.15. The molecule has 0 aromatic rings. The fourth-order valence-electron chi connectivity index (χ4n) is 0.823. The molecule has 5 nitrogen and oxygen atoms in total. The second kappa shape index (κ2) is 17.6. The molecule has 0 aliphatic rings. The second-order valence-electron chi connectivity index (χ2n) is 3.82. The van der Waals surface area contributed by atoms with E-state index in [1.54, 1.807) is 6.92 Å². The van der Waals surface area contributed by atoms with Crippen molar-refractivity contribution in [3.05, 3.63) is 37.1 Å². The first-order valence-electron chi connectivity index (χ1n) is 7.24. The van der Waals surface area contributed by atoms with Crippen LogP contribution in [0.3, 0.4) is 0 Å². The van der Waals surface area contributed by atoms with Crippen molar-refractivity contribution in [2.75, 3.05) is 6.61 Å². The minimum atomic E-state index is -3.51. The van der Waals surface area contributed by atoms with Gasteiger partial charge in [0.05, 0.1) is 6.61 Å². The van der Waals surface area contributed by atoms with E-state index in [2.05, 4.69) is 17.7 Å². The Balaban J connectivity index is -0.000000315. The van der Waals surface area contributed by atoms with Crippen LogP contribution in [0.2, 0.25) is 0 Å². The molecule has 0 saturated carbocycles. The second-order valence-corrected chi connectivity index (χ2v) is 8.03. The van der Waals surface area contributed by atoms with Crippen LogP contribution in [0.5, 0.6) is 0 Å². The van der Waals surface area contributed by atoms with Crippen molar-refractivity contribution in [1.82, 2.24) is 0 Å². The Kier molecular flexibility index (Phi) is 20.8. The minimum Gasteiger partial charge on any atom is -0.465 e.